The van der Waals surface area contributed by atoms with E-state index in [1.54, 1.807) is 11.8 Å². The molecule has 0 spiro atoms. The number of anilines is 1. The molecule has 120 valence electrons. The zero-order chi connectivity index (χ0) is 16.0. The predicted molar refractivity (Wildman–Crippen MR) is 85.8 cm³/mol. The van der Waals surface area contributed by atoms with Crippen molar-refractivity contribution >= 4 is 11.6 Å². The average Bonchev–Trinajstić information content (AvgIpc) is 3.25. The molecule has 1 aromatic carbocycles. The van der Waals surface area contributed by atoms with Crippen molar-refractivity contribution in [2.45, 2.75) is 44.6 Å². The van der Waals surface area contributed by atoms with Gasteiger partial charge < -0.3 is 15.2 Å². The minimum absolute atomic E-state index is 0.0721. The van der Waals surface area contributed by atoms with E-state index in [0.717, 1.165) is 55.5 Å². The van der Waals surface area contributed by atoms with Gasteiger partial charge in [0, 0.05) is 24.7 Å². The Morgan fingerprint density at radius 3 is 2.87 bits per heavy atom. The van der Waals surface area contributed by atoms with E-state index in [2.05, 4.69) is 10.1 Å². The molecule has 1 fully saturated rings. The number of nitrogens with two attached hydrogens (primary N) is 1. The van der Waals surface area contributed by atoms with Crippen molar-refractivity contribution in [2.24, 2.45) is 5.73 Å². The summed E-state index contributed by atoms with van der Waals surface area (Å²) in [5.74, 6) is 1.18. The first-order valence-electron chi connectivity index (χ1n) is 8.11. The lowest BCUT2D eigenvalue weighted by Crippen LogP contribution is -2.34. The normalized spacial score (nSPS) is 19.1. The van der Waals surface area contributed by atoms with Crippen LogP contribution in [0.3, 0.4) is 0 Å². The summed E-state index contributed by atoms with van der Waals surface area (Å²) in [5, 5.41) is 4.11. The van der Waals surface area contributed by atoms with Crippen LogP contribution >= 0.6 is 0 Å². The number of rotatable bonds is 2. The lowest BCUT2D eigenvalue weighted by Gasteiger charge is -2.17. The lowest BCUT2D eigenvalue weighted by atomic mass is 9.98. The topological polar surface area (TPSA) is 85.2 Å². The van der Waals surface area contributed by atoms with Gasteiger partial charge in [-0.05, 0) is 43.0 Å². The molecule has 2 heterocycles. The quantitative estimate of drug-likeness (QED) is 0.920. The molecule has 0 saturated heterocycles. The Bertz CT molecular complexity index is 762. The minimum Gasteiger partial charge on any atom is -0.334 e. The van der Waals surface area contributed by atoms with E-state index in [1.807, 2.05) is 18.2 Å². The Balaban J connectivity index is 1.65. The number of nitrogens with zero attached hydrogens (tertiary/aromatic N) is 3. The third-order valence-corrected chi connectivity index (χ3v) is 4.97. The van der Waals surface area contributed by atoms with Crippen LogP contribution in [0.15, 0.2) is 22.7 Å². The molecule has 0 atom stereocenters. The third kappa shape index (κ3) is 2.34. The summed E-state index contributed by atoms with van der Waals surface area (Å²) in [4.78, 5) is 17.9. The molecule has 0 radical (unpaired) electrons. The summed E-state index contributed by atoms with van der Waals surface area (Å²) in [7, 11) is 0. The number of fused-ring (bicyclic) bond motifs is 1. The maximum absolute atomic E-state index is 11.6. The van der Waals surface area contributed by atoms with E-state index in [0.29, 0.717) is 11.7 Å². The second-order valence-corrected chi connectivity index (χ2v) is 6.55. The number of hydrogen-bond donors (Lipinski definition) is 1. The summed E-state index contributed by atoms with van der Waals surface area (Å²) < 4.78 is 5.44. The van der Waals surface area contributed by atoms with E-state index in [-0.39, 0.29) is 5.91 Å². The molecule has 6 heteroatoms. The Kier molecular flexibility index (Phi) is 3.23. The van der Waals surface area contributed by atoms with Crippen molar-refractivity contribution in [2.75, 3.05) is 11.4 Å². The second-order valence-electron chi connectivity index (χ2n) is 6.55. The van der Waals surface area contributed by atoms with Gasteiger partial charge in [-0.15, -0.1) is 0 Å². The predicted octanol–water partition coefficient (Wildman–Crippen LogP) is 2.37. The third-order valence-electron chi connectivity index (χ3n) is 4.97. The van der Waals surface area contributed by atoms with E-state index < -0.39 is 5.54 Å². The highest BCUT2D eigenvalue weighted by Crippen LogP contribution is 2.36. The van der Waals surface area contributed by atoms with Crippen molar-refractivity contribution in [3.05, 3.63) is 29.6 Å². The van der Waals surface area contributed by atoms with E-state index in [9.17, 15) is 4.79 Å². The molecular formula is C17H20N4O2. The molecule has 1 saturated carbocycles. The number of carbonyl (C=O) groups is 1. The van der Waals surface area contributed by atoms with Crippen molar-refractivity contribution in [1.82, 2.24) is 10.1 Å². The van der Waals surface area contributed by atoms with Gasteiger partial charge >= 0.3 is 0 Å². The van der Waals surface area contributed by atoms with Crippen molar-refractivity contribution in [1.29, 1.82) is 0 Å². The first kappa shape index (κ1) is 14.4. The molecule has 1 aromatic heterocycles. The number of hydrogen-bond acceptors (Lipinski definition) is 5. The van der Waals surface area contributed by atoms with Gasteiger partial charge in [0.15, 0.2) is 5.82 Å². The molecule has 0 unspecified atom stereocenters. The van der Waals surface area contributed by atoms with Gasteiger partial charge in [-0.3, -0.25) is 4.79 Å². The monoisotopic (exact) mass is 312 g/mol. The van der Waals surface area contributed by atoms with Gasteiger partial charge in [0.05, 0.1) is 5.54 Å². The van der Waals surface area contributed by atoms with E-state index in [1.165, 1.54) is 0 Å². The summed E-state index contributed by atoms with van der Waals surface area (Å²) in [6, 6.07) is 5.92. The van der Waals surface area contributed by atoms with Gasteiger partial charge in [-0.25, -0.2) is 0 Å². The summed E-state index contributed by atoms with van der Waals surface area (Å²) in [6.07, 6.45) is 4.89. The second kappa shape index (κ2) is 5.16. The number of benzene rings is 1. The highest BCUT2D eigenvalue weighted by Gasteiger charge is 2.36. The Labute approximate surface area is 134 Å². The fraction of sp³-hybridized carbons (Fsp3) is 0.471. The fourth-order valence-corrected chi connectivity index (χ4v) is 3.63. The van der Waals surface area contributed by atoms with Gasteiger partial charge in [-0.1, -0.05) is 18.0 Å². The van der Waals surface area contributed by atoms with Gasteiger partial charge in [0.1, 0.15) is 0 Å². The minimum atomic E-state index is -0.441. The van der Waals surface area contributed by atoms with Crippen LogP contribution in [-0.4, -0.2) is 22.6 Å². The maximum atomic E-state index is 11.6. The average molecular weight is 312 g/mol. The van der Waals surface area contributed by atoms with Crippen LogP contribution in [0.5, 0.6) is 0 Å². The molecule has 2 N–H and O–H groups in total. The van der Waals surface area contributed by atoms with Crippen molar-refractivity contribution < 1.29 is 9.32 Å². The molecule has 23 heavy (non-hydrogen) atoms. The standard InChI is InChI=1S/C17H20N4O2/c1-11(22)21-9-6-12-10-13(4-5-14(12)21)15-19-16(20-23-15)17(18)7-2-3-8-17/h4-5,10H,2-3,6-9,18H2,1H3. The number of amides is 1. The summed E-state index contributed by atoms with van der Waals surface area (Å²) >= 11 is 0. The fourth-order valence-electron chi connectivity index (χ4n) is 3.63. The van der Waals surface area contributed by atoms with Gasteiger partial charge in [-0.2, -0.15) is 4.98 Å². The van der Waals surface area contributed by atoms with Crippen LogP contribution in [0.25, 0.3) is 11.5 Å². The van der Waals surface area contributed by atoms with Crippen LogP contribution in [0, 0.1) is 0 Å². The van der Waals surface area contributed by atoms with Crippen LogP contribution < -0.4 is 10.6 Å². The Hall–Kier alpha value is -2.21. The molecule has 0 bridgehead atoms. The maximum Gasteiger partial charge on any atom is 0.258 e. The molecule has 2 aliphatic rings. The van der Waals surface area contributed by atoms with Gasteiger partial charge in [0.2, 0.25) is 5.91 Å². The Morgan fingerprint density at radius 1 is 1.35 bits per heavy atom. The molecule has 1 aliphatic carbocycles. The first-order valence-corrected chi connectivity index (χ1v) is 8.11. The largest absolute Gasteiger partial charge is 0.334 e. The zero-order valence-corrected chi connectivity index (χ0v) is 13.2. The highest BCUT2D eigenvalue weighted by atomic mass is 16.5. The number of aromatic nitrogens is 2. The van der Waals surface area contributed by atoms with E-state index in [4.69, 9.17) is 10.3 Å². The molecule has 6 nitrogen and oxygen atoms in total. The van der Waals surface area contributed by atoms with Crippen LogP contribution in [0.1, 0.15) is 44.0 Å². The smallest absolute Gasteiger partial charge is 0.258 e. The lowest BCUT2D eigenvalue weighted by molar-refractivity contribution is -0.116. The van der Waals surface area contributed by atoms with E-state index >= 15 is 0 Å². The van der Waals surface area contributed by atoms with Crippen molar-refractivity contribution in [3.8, 4) is 11.5 Å². The van der Waals surface area contributed by atoms with Crippen molar-refractivity contribution in [3.63, 3.8) is 0 Å². The van der Waals surface area contributed by atoms with Crippen LogP contribution in [-0.2, 0) is 16.8 Å². The van der Waals surface area contributed by atoms with Crippen LogP contribution in [0.4, 0.5) is 5.69 Å². The molecule has 4 rings (SSSR count). The van der Waals surface area contributed by atoms with Crippen LogP contribution in [0.2, 0.25) is 0 Å². The SMILES string of the molecule is CC(=O)N1CCc2cc(-c3nc(C4(N)CCCC4)no3)ccc21. The number of carbonyl (C=O) groups excluding carboxylic acids is 1. The summed E-state index contributed by atoms with van der Waals surface area (Å²) in [5.41, 5.74) is 8.95. The Morgan fingerprint density at radius 2 is 2.13 bits per heavy atom. The molecule has 2 aromatic rings. The molecular weight excluding hydrogens is 292 g/mol. The molecule has 1 amide bonds. The first-order chi connectivity index (χ1) is 11.1. The highest BCUT2D eigenvalue weighted by molar-refractivity contribution is 5.94. The zero-order valence-electron chi connectivity index (χ0n) is 13.2. The molecule has 1 aliphatic heterocycles. The van der Waals surface area contributed by atoms with Gasteiger partial charge in [0.25, 0.3) is 5.89 Å². The summed E-state index contributed by atoms with van der Waals surface area (Å²) in [6.45, 7) is 2.32.